The number of aryl methyl sites for hydroxylation is 2. The maximum atomic E-state index is 13.1. The van der Waals surface area contributed by atoms with Crippen LogP contribution in [0.5, 0.6) is 11.5 Å². The smallest absolute Gasteiger partial charge is 0.329 e. The summed E-state index contributed by atoms with van der Waals surface area (Å²) >= 11 is 6.26. The van der Waals surface area contributed by atoms with E-state index in [4.69, 9.17) is 21.1 Å². The van der Waals surface area contributed by atoms with E-state index in [0.717, 1.165) is 42.7 Å². The number of hydrogen-bond donors (Lipinski definition) is 2. The number of hydrogen-bond acceptors (Lipinski definition) is 5. The molecule has 0 spiro atoms. The van der Waals surface area contributed by atoms with Crippen molar-refractivity contribution in [3.05, 3.63) is 39.8 Å². The summed E-state index contributed by atoms with van der Waals surface area (Å²) in [6, 6.07) is 6.69. The lowest BCUT2D eigenvalue weighted by Gasteiger charge is -2.31. The van der Waals surface area contributed by atoms with Gasteiger partial charge in [-0.3, -0.25) is 9.13 Å². The molecule has 1 saturated heterocycles. The molecule has 1 aliphatic heterocycles. The Kier molecular flexibility index (Phi) is 7.45. The van der Waals surface area contributed by atoms with Gasteiger partial charge in [0.05, 0.1) is 47.3 Å². The molecule has 2 amide bonds. The van der Waals surface area contributed by atoms with E-state index in [0.29, 0.717) is 41.0 Å². The van der Waals surface area contributed by atoms with Crippen LogP contribution in [0.4, 0.5) is 21.9 Å². The van der Waals surface area contributed by atoms with Gasteiger partial charge in [-0.1, -0.05) is 11.6 Å². The summed E-state index contributed by atoms with van der Waals surface area (Å²) in [5.74, 6) is 0.873. The van der Waals surface area contributed by atoms with E-state index < -0.39 is 6.03 Å². The van der Waals surface area contributed by atoms with Crippen LogP contribution in [0.15, 0.2) is 29.1 Å². The van der Waals surface area contributed by atoms with Crippen LogP contribution in [0.25, 0.3) is 11.0 Å². The van der Waals surface area contributed by atoms with Gasteiger partial charge in [-0.2, -0.15) is 0 Å². The largest absolute Gasteiger partial charge is 0.495 e. The van der Waals surface area contributed by atoms with Gasteiger partial charge in [0.25, 0.3) is 0 Å². The second kappa shape index (κ2) is 10.5. The number of benzene rings is 2. The fourth-order valence-electron chi connectivity index (χ4n) is 4.69. The topological polar surface area (TPSA) is 89.8 Å². The Balaban J connectivity index is 1.74. The molecule has 0 saturated carbocycles. The van der Waals surface area contributed by atoms with Crippen LogP contribution in [0.2, 0.25) is 5.02 Å². The van der Waals surface area contributed by atoms with Crippen molar-refractivity contribution < 1.29 is 14.3 Å². The van der Waals surface area contributed by atoms with Gasteiger partial charge in [-0.25, -0.2) is 9.59 Å². The first kappa shape index (κ1) is 24.8. The Morgan fingerprint density at radius 3 is 2.09 bits per heavy atom. The van der Waals surface area contributed by atoms with E-state index >= 15 is 0 Å². The van der Waals surface area contributed by atoms with Crippen LogP contribution in [-0.4, -0.2) is 42.5 Å². The monoisotopic (exact) mass is 501 g/mol. The van der Waals surface area contributed by atoms with E-state index in [2.05, 4.69) is 15.5 Å². The highest BCUT2D eigenvalue weighted by atomic mass is 35.5. The molecule has 0 atom stereocenters. The quantitative estimate of drug-likeness (QED) is 0.467. The van der Waals surface area contributed by atoms with Gasteiger partial charge >= 0.3 is 11.7 Å². The Hall–Kier alpha value is -3.33. The van der Waals surface area contributed by atoms with Gasteiger partial charge in [0.2, 0.25) is 0 Å². The highest BCUT2D eigenvalue weighted by Gasteiger charge is 2.21. The Morgan fingerprint density at radius 2 is 1.49 bits per heavy atom. The fraction of sp³-hybridized carbons (Fsp3) is 0.440. The van der Waals surface area contributed by atoms with Crippen LogP contribution in [0, 0.1) is 0 Å². The highest BCUT2D eigenvalue weighted by molar-refractivity contribution is 6.32. The van der Waals surface area contributed by atoms with E-state index in [-0.39, 0.29) is 5.69 Å². The van der Waals surface area contributed by atoms with Crippen LogP contribution in [-0.2, 0) is 13.1 Å². The third kappa shape index (κ3) is 4.77. The number of ether oxygens (including phenoxy) is 2. The van der Waals surface area contributed by atoms with Gasteiger partial charge < -0.3 is 25.0 Å². The zero-order chi connectivity index (χ0) is 25.1. The number of fused-ring (bicyclic) bond motifs is 1. The predicted molar refractivity (Wildman–Crippen MR) is 141 cm³/mol. The molecule has 10 heteroatoms. The number of nitrogens with one attached hydrogen (secondary N) is 2. The van der Waals surface area contributed by atoms with Crippen LogP contribution < -0.4 is 30.7 Å². The number of methoxy groups -OCH3 is 2. The van der Waals surface area contributed by atoms with Crippen molar-refractivity contribution in [2.24, 2.45) is 0 Å². The predicted octanol–water partition coefficient (Wildman–Crippen LogP) is 5.15. The van der Waals surface area contributed by atoms with Gasteiger partial charge in [0.1, 0.15) is 11.5 Å². The first-order valence-corrected chi connectivity index (χ1v) is 12.3. The van der Waals surface area contributed by atoms with E-state index in [9.17, 15) is 9.59 Å². The number of urea groups is 1. The molecular formula is C25H32ClN5O4. The third-order valence-electron chi connectivity index (χ3n) is 6.44. The zero-order valence-electron chi connectivity index (χ0n) is 20.6. The standard InChI is InChI=1S/C25H32ClN5O4/c1-5-30-20-13-17(27-24(32)28-18-12-16(26)22(34-3)15-23(18)35-4)19(29-10-8-7-9-11-29)14-21(20)31(6-2)25(30)33/h12-15H,5-11H2,1-4H3,(H2,27,28,32). The second-order valence-corrected chi connectivity index (χ2v) is 8.85. The summed E-state index contributed by atoms with van der Waals surface area (Å²) < 4.78 is 14.1. The van der Waals surface area contributed by atoms with Crippen LogP contribution in [0.3, 0.4) is 0 Å². The van der Waals surface area contributed by atoms with Gasteiger partial charge in [0, 0.05) is 32.2 Å². The van der Waals surface area contributed by atoms with Crippen molar-refractivity contribution in [3.8, 4) is 11.5 Å². The van der Waals surface area contributed by atoms with Crippen LogP contribution >= 0.6 is 11.6 Å². The van der Waals surface area contributed by atoms with Gasteiger partial charge in [-0.05, 0) is 51.3 Å². The fourth-order valence-corrected chi connectivity index (χ4v) is 4.93. The van der Waals surface area contributed by atoms with Crippen molar-refractivity contribution in [1.29, 1.82) is 0 Å². The van der Waals surface area contributed by atoms with E-state index in [1.54, 1.807) is 21.3 Å². The molecule has 3 aromatic rings. The van der Waals surface area contributed by atoms with Gasteiger partial charge in [-0.15, -0.1) is 0 Å². The number of amides is 2. The molecule has 9 nitrogen and oxygen atoms in total. The first-order valence-electron chi connectivity index (χ1n) is 11.9. The van der Waals surface area contributed by atoms with E-state index in [1.807, 2.05) is 26.0 Å². The third-order valence-corrected chi connectivity index (χ3v) is 6.73. The second-order valence-electron chi connectivity index (χ2n) is 8.44. The summed E-state index contributed by atoms with van der Waals surface area (Å²) in [6.45, 7) is 6.82. The number of carbonyl (C=O) groups is 1. The number of anilines is 3. The number of piperidine rings is 1. The summed E-state index contributed by atoms with van der Waals surface area (Å²) in [5.41, 5.74) is 3.58. The summed E-state index contributed by atoms with van der Waals surface area (Å²) in [6.07, 6.45) is 3.36. The number of halogens is 1. The number of imidazole rings is 1. The summed E-state index contributed by atoms with van der Waals surface area (Å²) in [5, 5.41) is 6.18. The molecule has 0 bridgehead atoms. The minimum Gasteiger partial charge on any atom is -0.495 e. The number of rotatable bonds is 7. The number of carbonyl (C=O) groups excluding carboxylic acids is 1. The minimum absolute atomic E-state index is 0.0474. The lowest BCUT2D eigenvalue weighted by Crippen LogP contribution is -2.31. The molecule has 0 aliphatic carbocycles. The lowest BCUT2D eigenvalue weighted by molar-refractivity contribution is 0.262. The van der Waals surface area contributed by atoms with Crippen molar-refractivity contribution in [1.82, 2.24) is 9.13 Å². The average molecular weight is 502 g/mol. The molecule has 2 heterocycles. The molecular weight excluding hydrogens is 470 g/mol. The maximum absolute atomic E-state index is 13.1. The molecule has 188 valence electrons. The molecule has 0 radical (unpaired) electrons. The van der Waals surface area contributed by atoms with Crippen LogP contribution in [0.1, 0.15) is 33.1 Å². The average Bonchev–Trinajstić information content (AvgIpc) is 3.13. The number of nitrogens with zero attached hydrogens (tertiary/aromatic N) is 3. The lowest BCUT2D eigenvalue weighted by atomic mass is 10.1. The Morgan fingerprint density at radius 1 is 0.886 bits per heavy atom. The number of aromatic nitrogens is 2. The Bertz CT molecular complexity index is 1290. The normalized spacial score (nSPS) is 13.7. The maximum Gasteiger partial charge on any atom is 0.329 e. The van der Waals surface area contributed by atoms with Gasteiger partial charge in [0.15, 0.2) is 0 Å². The highest BCUT2D eigenvalue weighted by Crippen LogP contribution is 2.37. The first-order chi connectivity index (χ1) is 16.9. The van der Waals surface area contributed by atoms with Crippen molar-refractivity contribution in [2.75, 3.05) is 42.8 Å². The summed E-state index contributed by atoms with van der Waals surface area (Å²) in [7, 11) is 3.02. The molecule has 1 fully saturated rings. The minimum atomic E-state index is -0.442. The van der Waals surface area contributed by atoms with Crippen molar-refractivity contribution in [3.63, 3.8) is 0 Å². The summed E-state index contributed by atoms with van der Waals surface area (Å²) in [4.78, 5) is 28.3. The molecule has 2 N–H and O–H groups in total. The van der Waals surface area contributed by atoms with Crippen molar-refractivity contribution in [2.45, 2.75) is 46.2 Å². The molecule has 1 aliphatic rings. The molecule has 4 rings (SSSR count). The van der Waals surface area contributed by atoms with Crippen molar-refractivity contribution >= 4 is 45.7 Å². The zero-order valence-corrected chi connectivity index (χ0v) is 21.4. The molecule has 35 heavy (non-hydrogen) atoms. The molecule has 1 aromatic heterocycles. The molecule has 0 unspecified atom stereocenters. The molecule has 2 aromatic carbocycles. The van der Waals surface area contributed by atoms with E-state index in [1.165, 1.54) is 20.6 Å². The SMILES string of the molecule is CCn1c(=O)n(CC)c2cc(N3CCCCC3)c(NC(=O)Nc3cc(Cl)c(OC)cc3OC)cc21. The Labute approximate surface area is 209 Å².